The summed E-state index contributed by atoms with van der Waals surface area (Å²) >= 11 is 1.82. The van der Waals surface area contributed by atoms with E-state index in [2.05, 4.69) is 16.0 Å². The van der Waals surface area contributed by atoms with E-state index in [1.807, 2.05) is 11.8 Å². The van der Waals surface area contributed by atoms with Crippen LogP contribution in [-0.2, 0) is 19.1 Å². The smallest absolute Gasteiger partial charge is 0.315 e. The van der Waals surface area contributed by atoms with Gasteiger partial charge in [-0.25, -0.2) is 4.79 Å². The molecule has 0 spiro atoms. The molecule has 0 radical (unpaired) electrons. The number of aliphatic hydroxyl groups is 3. The summed E-state index contributed by atoms with van der Waals surface area (Å²) in [6.45, 7) is 7.61. The van der Waals surface area contributed by atoms with Gasteiger partial charge in [-0.15, -0.1) is 0 Å². The number of aliphatic hydroxyl groups excluding tert-OH is 1. The second-order valence-electron chi connectivity index (χ2n) is 11.2. The lowest BCUT2D eigenvalue weighted by Gasteiger charge is -2.67. The highest BCUT2D eigenvalue weighted by Gasteiger charge is 2.74. The van der Waals surface area contributed by atoms with Crippen LogP contribution in [-0.4, -0.2) is 97.5 Å². The van der Waals surface area contributed by atoms with E-state index >= 15 is 0 Å². The maximum absolute atomic E-state index is 12.6. The Morgan fingerprint density at radius 1 is 1.11 bits per heavy atom. The Hall–Kier alpha value is -1.60. The van der Waals surface area contributed by atoms with Crippen molar-refractivity contribution in [2.24, 2.45) is 0 Å². The fourth-order valence-corrected chi connectivity index (χ4v) is 7.27. The average Bonchev–Trinajstić information content (AvgIpc) is 3.32. The van der Waals surface area contributed by atoms with Crippen LogP contribution < -0.4 is 16.0 Å². The van der Waals surface area contributed by atoms with Gasteiger partial charge in [0.2, 0.25) is 5.91 Å². The summed E-state index contributed by atoms with van der Waals surface area (Å²) in [4.78, 5) is 36.2. The van der Waals surface area contributed by atoms with Gasteiger partial charge < -0.3 is 40.7 Å². The predicted octanol–water partition coefficient (Wildman–Crippen LogP) is 0.192. The van der Waals surface area contributed by atoms with E-state index in [4.69, 9.17) is 9.47 Å². The molecular weight excluding hydrogens is 490 g/mol. The first-order valence-corrected chi connectivity index (χ1v) is 13.5. The van der Waals surface area contributed by atoms with E-state index in [0.717, 1.165) is 18.6 Å². The van der Waals surface area contributed by atoms with E-state index in [1.165, 1.54) is 34.6 Å². The molecule has 3 amide bonds. The number of amides is 3. The van der Waals surface area contributed by atoms with Gasteiger partial charge in [-0.3, -0.25) is 9.59 Å². The number of hydrogen-bond acceptors (Lipinski definition) is 9. The zero-order valence-corrected chi connectivity index (χ0v) is 22.8. The summed E-state index contributed by atoms with van der Waals surface area (Å²) in [5, 5.41) is 41.8. The van der Waals surface area contributed by atoms with Crippen LogP contribution in [0.2, 0.25) is 0 Å². The van der Waals surface area contributed by atoms with Crippen LogP contribution in [0, 0.1) is 0 Å². The molecule has 0 bridgehead atoms. The van der Waals surface area contributed by atoms with E-state index < -0.39 is 46.4 Å². The highest BCUT2D eigenvalue weighted by molar-refractivity contribution is 8.00. The van der Waals surface area contributed by atoms with Crippen LogP contribution in [0.5, 0.6) is 0 Å². The molecule has 0 aromatic heterocycles. The lowest BCUT2D eigenvalue weighted by atomic mass is 9.56. The van der Waals surface area contributed by atoms with Crippen LogP contribution in [0.25, 0.3) is 0 Å². The molecule has 206 valence electrons. The third-order valence-electron chi connectivity index (χ3n) is 8.75. The number of esters is 1. The summed E-state index contributed by atoms with van der Waals surface area (Å²) < 4.78 is 11.7. The Morgan fingerprint density at radius 3 is 2.39 bits per heavy atom. The van der Waals surface area contributed by atoms with E-state index in [1.54, 1.807) is 6.92 Å². The molecule has 11 nitrogen and oxygen atoms in total. The topological polar surface area (TPSA) is 166 Å². The number of unbranched alkanes of at least 4 members (excludes halogenated alkanes) is 1. The monoisotopic (exact) mass is 531 g/mol. The minimum absolute atomic E-state index is 0.121. The molecule has 3 fully saturated rings. The van der Waals surface area contributed by atoms with Crippen molar-refractivity contribution < 1.29 is 39.2 Å². The Balaban J connectivity index is 1.61. The molecule has 3 aliphatic heterocycles. The lowest BCUT2D eigenvalue weighted by Crippen LogP contribution is -2.88. The standard InChI is InChI=1S/C24H41N3O8S/c1-14(29)27-22(4)21(3,35-20(2,12-28)23(5,32)24(22,6)33)13-34-17(30)10-8-7-9-16-18-15(11-36-16)25-19(31)26-18/h15-16,18,28,32-33H,7-13H2,1-6H3,(H,27,29)(H2,25,26,31)/t15-,16?,18-,20?,21-,22?,23+,24?/m0/s1. The number of ether oxygens (including phenoxy) is 2. The number of carbonyl (C=O) groups excluding carboxylic acids is 3. The summed E-state index contributed by atoms with van der Waals surface area (Å²) in [7, 11) is 0. The van der Waals surface area contributed by atoms with E-state index in [9.17, 15) is 29.7 Å². The molecule has 3 heterocycles. The largest absolute Gasteiger partial charge is 0.463 e. The van der Waals surface area contributed by atoms with Crippen LogP contribution in [0.4, 0.5) is 4.79 Å². The van der Waals surface area contributed by atoms with Gasteiger partial charge in [0.05, 0.1) is 18.7 Å². The quantitative estimate of drug-likeness (QED) is 0.138. The molecule has 0 saturated carbocycles. The maximum atomic E-state index is 12.6. The number of nitrogens with one attached hydrogen (secondary N) is 3. The van der Waals surface area contributed by atoms with Gasteiger partial charge in [0, 0.05) is 24.3 Å². The van der Waals surface area contributed by atoms with Crippen molar-refractivity contribution in [3.63, 3.8) is 0 Å². The van der Waals surface area contributed by atoms with Crippen molar-refractivity contribution in [2.45, 2.75) is 113 Å². The number of urea groups is 1. The fourth-order valence-electron chi connectivity index (χ4n) is 5.73. The molecule has 3 saturated heterocycles. The summed E-state index contributed by atoms with van der Waals surface area (Å²) in [5.74, 6) is -0.0472. The van der Waals surface area contributed by atoms with E-state index in [-0.39, 0.29) is 31.1 Å². The number of carbonyl (C=O) groups is 3. The Bertz CT molecular complexity index is 885. The molecule has 12 heteroatoms. The second-order valence-corrected chi connectivity index (χ2v) is 12.5. The molecule has 8 atom stereocenters. The molecule has 0 aromatic rings. The van der Waals surface area contributed by atoms with Gasteiger partial charge in [0.25, 0.3) is 0 Å². The number of fused-ring (bicyclic) bond motifs is 1. The first-order valence-electron chi connectivity index (χ1n) is 12.4. The highest BCUT2D eigenvalue weighted by Crippen LogP contribution is 2.53. The molecule has 4 unspecified atom stereocenters. The van der Waals surface area contributed by atoms with Crippen molar-refractivity contribution >= 4 is 29.7 Å². The van der Waals surface area contributed by atoms with Crippen molar-refractivity contribution in [1.29, 1.82) is 0 Å². The number of hydrogen-bond donors (Lipinski definition) is 6. The molecule has 0 aliphatic carbocycles. The molecule has 36 heavy (non-hydrogen) atoms. The average molecular weight is 532 g/mol. The Morgan fingerprint density at radius 2 is 1.78 bits per heavy atom. The SMILES string of the molecule is CC(=O)NC1(C)C(C)(O)[C@](C)(O)C(C)(CO)O[C@@]1(C)COC(=O)CCCCC1SC[C@@H]2NC(=O)N[C@H]12. The zero-order valence-electron chi connectivity index (χ0n) is 22.0. The van der Waals surface area contributed by atoms with Gasteiger partial charge >= 0.3 is 12.0 Å². The normalized spacial score (nSPS) is 43.9. The Labute approximate surface area is 216 Å². The van der Waals surface area contributed by atoms with Crippen molar-refractivity contribution in [1.82, 2.24) is 16.0 Å². The van der Waals surface area contributed by atoms with Gasteiger partial charge in [0.15, 0.2) is 0 Å². The fraction of sp³-hybridized carbons (Fsp3) is 0.875. The Kier molecular flexibility index (Phi) is 7.99. The third kappa shape index (κ3) is 4.70. The molecule has 6 N–H and O–H groups in total. The van der Waals surface area contributed by atoms with Crippen LogP contribution in [0.3, 0.4) is 0 Å². The molecular formula is C24H41N3O8S. The van der Waals surface area contributed by atoms with Gasteiger partial charge in [-0.2, -0.15) is 11.8 Å². The minimum Gasteiger partial charge on any atom is -0.463 e. The molecule has 3 aliphatic rings. The molecule has 3 rings (SSSR count). The maximum Gasteiger partial charge on any atom is 0.315 e. The summed E-state index contributed by atoms with van der Waals surface area (Å²) in [6, 6.07) is 0.158. The van der Waals surface area contributed by atoms with E-state index in [0.29, 0.717) is 11.7 Å². The second kappa shape index (κ2) is 9.94. The van der Waals surface area contributed by atoms with Crippen LogP contribution >= 0.6 is 11.8 Å². The first-order chi connectivity index (χ1) is 16.5. The van der Waals surface area contributed by atoms with Crippen LogP contribution in [0.1, 0.15) is 67.2 Å². The third-order valence-corrected chi connectivity index (χ3v) is 10.3. The first kappa shape index (κ1) is 29.0. The van der Waals surface area contributed by atoms with Gasteiger partial charge in [0.1, 0.15) is 34.6 Å². The van der Waals surface area contributed by atoms with Crippen molar-refractivity contribution in [3.05, 3.63) is 0 Å². The number of thioether (sulfide) groups is 1. The van der Waals surface area contributed by atoms with Crippen LogP contribution in [0.15, 0.2) is 0 Å². The van der Waals surface area contributed by atoms with Crippen molar-refractivity contribution in [2.75, 3.05) is 19.0 Å². The highest BCUT2D eigenvalue weighted by atomic mass is 32.2. The van der Waals surface area contributed by atoms with Crippen molar-refractivity contribution in [3.8, 4) is 0 Å². The van der Waals surface area contributed by atoms with Gasteiger partial charge in [-0.1, -0.05) is 6.42 Å². The summed E-state index contributed by atoms with van der Waals surface area (Å²) in [5.41, 5.74) is -8.64. The lowest BCUT2D eigenvalue weighted by molar-refractivity contribution is -0.372. The number of rotatable bonds is 9. The molecule has 0 aromatic carbocycles. The minimum atomic E-state index is -1.98. The predicted molar refractivity (Wildman–Crippen MR) is 133 cm³/mol. The van der Waals surface area contributed by atoms with Gasteiger partial charge in [-0.05, 0) is 47.5 Å². The zero-order chi connectivity index (χ0) is 27.2. The summed E-state index contributed by atoms with van der Waals surface area (Å²) in [6.07, 6.45) is 2.45.